The Morgan fingerprint density at radius 1 is 1.50 bits per heavy atom. The molecule has 0 aromatic carbocycles. The number of carboxylic acids is 1. The highest BCUT2D eigenvalue weighted by molar-refractivity contribution is 5.71. The van der Waals surface area contributed by atoms with Crippen molar-refractivity contribution in [3.8, 4) is 0 Å². The molecule has 0 spiro atoms. The van der Waals surface area contributed by atoms with Crippen molar-refractivity contribution in [2.24, 2.45) is 5.92 Å². The molecule has 1 aliphatic rings. The fourth-order valence-corrected chi connectivity index (χ4v) is 2.58. The highest BCUT2D eigenvalue weighted by atomic mass is 16.6. The van der Waals surface area contributed by atoms with E-state index in [1.54, 1.807) is 6.92 Å². The zero-order chi connectivity index (χ0) is 14.7. The fourth-order valence-electron chi connectivity index (χ4n) is 2.58. The number of aromatic nitrogens is 1. The van der Waals surface area contributed by atoms with Crippen molar-refractivity contribution in [3.63, 3.8) is 0 Å². The molecule has 7 heteroatoms. The topological polar surface area (TPSA) is 105 Å². The maximum atomic E-state index is 11.2. The average molecular weight is 279 g/mol. The van der Waals surface area contributed by atoms with Crippen molar-refractivity contribution in [3.05, 3.63) is 27.9 Å². The lowest BCUT2D eigenvalue weighted by Crippen LogP contribution is -2.37. The third-order valence-corrected chi connectivity index (χ3v) is 3.69. The maximum absolute atomic E-state index is 11.2. The van der Waals surface area contributed by atoms with Gasteiger partial charge in [-0.1, -0.05) is 12.8 Å². The van der Waals surface area contributed by atoms with Gasteiger partial charge in [0.15, 0.2) is 0 Å². The van der Waals surface area contributed by atoms with Gasteiger partial charge in [0.25, 0.3) is 5.69 Å². The summed E-state index contributed by atoms with van der Waals surface area (Å²) >= 11 is 0. The van der Waals surface area contributed by atoms with Crippen LogP contribution in [-0.2, 0) is 4.79 Å². The molecule has 1 fully saturated rings. The van der Waals surface area contributed by atoms with Gasteiger partial charge in [0.2, 0.25) is 0 Å². The van der Waals surface area contributed by atoms with Crippen molar-refractivity contribution in [2.45, 2.75) is 38.6 Å². The monoisotopic (exact) mass is 279 g/mol. The van der Waals surface area contributed by atoms with E-state index in [-0.39, 0.29) is 11.7 Å². The van der Waals surface area contributed by atoms with Gasteiger partial charge in [0.1, 0.15) is 5.82 Å². The highest BCUT2D eigenvalue weighted by Gasteiger charge is 2.31. The molecule has 0 bridgehead atoms. The Morgan fingerprint density at radius 3 is 2.85 bits per heavy atom. The zero-order valence-corrected chi connectivity index (χ0v) is 11.2. The first kappa shape index (κ1) is 14.2. The van der Waals surface area contributed by atoms with Crippen LogP contribution in [0.5, 0.6) is 0 Å². The molecule has 7 nitrogen and oxygen atoms in total. The number of nitrogens with zero attached hydrogens (tertiary/aromatic N) is 2. The van der Waals surface area contributed by atoms with E-state index >= 15 is 0 Å². The van der Waals surface area contributed by atoms with Crippen LogP contribution in [0.15, 0.2) is 12.3 Å². The van der Waals surface area contributed by atoms with E-state index in [1.807, 2.05) is 0 Å². The number of anilines is 1. The summed E-state index contributed by atoms with van der Waals surface area (Å²) in [7, 11) is 0. The van der Waals surface area contributed by atoms with Crippen molar-refractivity contribution < 1.29 is 14.8 Å². The van der Waals surface area contributed by atoms with Crippen LogP contribution in [0.1, 0.15) is 31.2 Å². The molecule has 2 rings (SSSR count). The van der Waals surface area contributed by atoms with Crippen LogP contribution in [0.25, 0.3) is 0 Å². The van der Waals surface area contributed by atoms with Crippen molar-refractivity contribution >= 4 is 17.5 Å². The number of nitrogens with one attached hydrogen (secondary N) is 1. The van der Waals surface area contributed by atoms with E-state index in [1.165, 1.54) is 12.3 Å². The number of hydrogen-bond donors (Lipinski definition) is 2. The van der Waals surface area contributed by atoms with E-state index in [2.05, 4.69) is 10.3 Å². The van der Waals surface area contributed by atoms with Crippen LogP contribution in [0.3, 0.4) is 0 Å². The van der Waals surface area contributed by atoms with E-state index in [0.717, 1.165) is 19.3 Å². The second kappa shape index (κ2) is 5.85. The Hall–Kier alpha value is -2.18. The number of carbonyl (C=O) groups is 1. The predicted molar refractivity (Wildman–Crippen MR) is 72.6 cm³/mol. The molecule has 0 aliphatic heterocycles. The summed E-state index contributed by atoms with van der Waals surface area (Å²) in [4.78, 5) is 25.8. The number of nitro groups is 1. The van der Waals surface area contributed by atoms with E-state index in [4.69, 9.17) is 0 Å². The summed E-state index contributed by atoms with van der Waals surface area (Å²) in [5.41, 5.74) is 0.476. The van der Waals surface area contributed by atoms with Crippen molar-refractivity contribution in [1.82, 2.24) is 4.98 Å². The molecule has 1 heterocycles. The van der Waals surface area contributed by atoms with Gasteiger partial charge in [0, 0.05) is 17.8 Å². The number of carboxylic acid groups (broad SMARTS) is 1. The quantitative estimate of drug-likeness (QED) is 0.647. The maximum Gasteiger partial charge on any atom is 0.308 e. The molecule has 1 saturated carbocycles. The van der Waals surface area contributed by atoms with Crippen LogP contribution >= 0.6 is 0 Å². The predicted octanol–water partition coefficient (Wildman–Crippen LogP) is 2.35. The molecule has 2 unspecified atom stereocenters. The summed E-state index contributed by atoms with van der Waals surface area (Å²) in [5, 5.41) is 23.1. The lowest BCUT2D eigenvalue weighted by molar-refractivity contribution is -0.385. The molecular formula is C13H17N3O4. The van der Waals surface area contributed by atoms with Gasteiger partial charge in [-0.15, -0.1) is 0 Å². The molecule has 1 aromatic rings. The number of rotatable bonds is 4. The minimum atomic E-state index is -0.830. The summed E-state index contributed by atoms with van der Waals surface area (Å²) in [6, 6.07) is 1.14. The Bertz CT molecular complexity index is 532. The van der Waals surface area contributed by atoms with Crippen LogP contribution < -0.4 is 5.32 Å². The van der Waals surface area contributed by atoms with Gasteiger partial charge < -0.3 is 10.4 Å². The first-order valence-corrected chi connectivity index (χ1v) is 6.59. The van der Waals surface area contributed by atoms with Gasteiger partial charge in [-0.3, -0.25) is 14.9 Å². The molecular weight excluding hydrogens is 262 g/mol. The SMILES string of the molecule is Cc1cnc(NC2CCCCC2C(=O)O)cc1[N+](=O)[O-]. The molecule has 1 aromatic heterocycles. The number of pyridine rings is 1. The van der Waals surface area contributed by atoms with Gasteiger partial charge >= 0.3 is 5.97 Å². The molecule has 20 heavy (non-hydrogen) atoms. The molecule has 2 atom stereocenters. The fraction of sp³-hybridized carbons (Fsp3) is 0.538. The minimum absolute atomic E-state index is 0.00909. The van der Waals surface area contributed by atoms with Crippen molar-refractivity contribution in [2.75, 3.05) is 5.32 Å². The highest BCUT2D eigenvalue weighted by Crippen LogP contribution is 2.28. The second-order valence-corrected chi connectivity index (χ2v) is 5.09. The van der Waals surface area contributed by atoms with E-state index in [9.17, 15) is 20.0 Å². The van der Waals surface area contributed by atoms with Crippen LogP contribution in [0.2, 0.25) is 0 Å². The third kappa shape index (κ3) is 3.04. The third-order valence-electron chi connectivity index (χ3n) is 3.69. The molecule has 0 radical (unpaired) electrons. The Kier molecular flexibility index (Phi) is 4.16. The zero-order valence-electron chi connectivity index (χ0n) is 11.2. The van der Waals surface area contributed by atoms with Crippen LogP contribution in [0.4, 0.5) is 11.5 Å². The molecule has 0 saturated heterocycles. The minimum Gasteiger partial charge on any atom is -0.481 e. The summed E-state index contributed by atoms with van der Waals surface area (Å²) in [6.07, 6.45) is 4.65. The number of aliphatic carboxylic acids is 1. The summed E-state index contributed by atoms with van der Waals surface area (Å²) in [6.45, 7) is 1.62. The van der Waals surface area contributed by atoms with Crippen LogP contribution in [-0.4, -0.2) is 27.0 Å². The van der Waals surface area contributed by atoms with Crippen LogP contribution in [0, 0.1) is 23.0 Å². The normalized spacial score (nSPS) is 22.2. The second-order valence-electron chi connectivity index (χ2n) is 5.09. The van der Waals surface area contributed by atoms with Gasteiger partial charge in [-0.25, -0.2) is 4.98 Å². The molecule has 108 valence electrons. The van der Waals surface area contributed by atoms with Gasteiger partial charge in [-0.05, 0) is 19.8 Å². The van der Waals surface area contributed by atoms with E-state index < -0.39 is 16.8 Å². The van der Waals surface area contributed by atoms with E-state index in [0.29, 0.717) is 17.8 Å². The van der Waals surface area contributed by atoms with Gasteiger partial charge in [0.05, 0.1) is 16.9 Å². The summed E-state index contributed by atoms with van der Waals surface area (Å²) in [5.74, 6) is -0.935. The standard InChI is InChI=1S/C13H17N3O4/c1-8-7-14-12(6-11(8)16(19)20)15-10-5-3-2-4-9(10)13(17)18/h6-7,9-10H,2-5H2,1H3,(H,14,15)(H,17,18). The first-order chi connectivity index (χ1) is 9.49. The average Bonchev–Trinajstić information content (AvgIpc) is 2.41. The Morgan fingerprint density at radius 2 is 2.20 bits per heavy atom. The number of aryl methyl sites for hydroxylation is 1. The van der Waals surface area contributed by atoms with Gasteiger partial charge in [-0.2, -0.15) is 0 Å². The molecule has 2 N–H and O–H groups in total. The lowest BCUT2D eigenvalue weighted by Gasteiger charge is -2.29. The Labute approximate surface area is 116 Å². The Balaban J connectivity index is 2.18. The lowest BCUT2D eigenvalue weighted by atomic mass is 9.84. The molecule has 1 aliphatic carbocycles. The molecule has 0 amide bonds. The number of hydrogen-bond acceptors (Lipinski definition) is 5. The first-order valence-electron chi connectivity index (χ1n) is 6.59. The summed E-state index contributed by atoms with van der Waals surface area (Å²) < 4.78 is 0. The smallest absolute Gasteiger partial charge is 0.308 e. The largest absolute Gasteiger partial charge is 0.481 e. The van der Waals surface area contributed by atoms with Crippen molar-refractivity contribution in [1.29, 1.82) is 0 Å².